The molecule has 16 nitrogen and oxygen atoms in total. The number of nitrogens with two attached hydrogens (primary N) is 6. The lowest BCUT2D eigenvalue weighted by molar-refractivity contribution is -0.183. The number of esters is 2. The zero-order valence-corrected chi connectivity index (χ0v) is 34.2. The number of nitrogen functional groups attached to an aromatic ring is 6. The number of aromatic nitrogens is 4. The van der Waals surface area contributed by atoms with Gasteiger partial charge in [0.1, 0.15) is 23.3 Å². The Morgan fingerprint density at radius 1 is 0.429 bits per heavy atom. The highest BCUT2D eigenvalue weighted by Gasteiger charge is 2.38. The van der Waals surface area contributed by atoms with E-state index >= 15 is 0 Å². The van der Waals surface area contributed by atoms with Crippen molar-refractivity contribution >= 4 is 47.1 Å². The van der Waals surface area contributed by atoms with Crippen LogP contribution in [0.3, 0.4) is 0 Å². The van der Waals surface area contributed by atoms with Gasteiger partial charge < -0.3 is 53.3 Å². The Morgan fingerprint density at radius 2 is 0.696 bits per heavy atom. The molecule has 2 heterocycles. The molecule has 56 heavy (non-hydrogen) atoms. The highest BCUT2D eigenvalue weighted by Crippen LogP contribution is 2.21. The van der Waals surface area contributed by atoms with Crippen molar-refractivity contribution in [3.63, 3.8) is 0 Å². The lowest BCUT2D eigenvalue weighted by Gasteiger charge is -2.25. The number of carbonyl (C=O) groups excluding carboxylic acids is 2. The Hall–Kier alpha value is -4.18. The molecular weight excluding hydrogens is 717 g/mol. The summed E-state index contributed by atoms with van der Waals surface area (Å²) in [5, 5.41) is 0. The first-order valence-corrected chi connectivity index (χ1v) is 21.0. The molecule has 0 bridgehead atoms. The van der Waals surface area contributed by atoms with Crippen LogP contribution < -0.4 is 34.4 Å². The van der Waals surface area contributed by atoms with Gasteiger partial charge in [-0.25, -0.2) is 9.59 Å². The fraction of sp³-hybridized carbons (Fsp3) is 0.750. The lowest BCUT2D eigenvalue weighted by Crippen LogP contribution is -2.46. The standard InChI is InChI=1S/C40H72N10O6/c1-3-5-7-9-11-13-15-17-19-21-25-53-31(37(51)55-27-23-29-33(41)47-39(45)48-34(29)42)32(54-26-22-20-18-16-14-12-10-8-6-4-2)38(52)56-28-24-30-35(43)49-40(46)50-36(30)44/h31-32H,3-28H2,1-2H3,(H6,41,42,45,47,48)(H6,43,44,46,49,50)/t31-,32-/m1/s1. The fourth-order valence-corrected chi connectivity index (χ4v) is 6.42. The Labute approximate surface area is 334 Å². The summed E-state index contributed by atoms with van der Waals surface area (Å²) in [6.07, 6.45) is 20.2. The second kappa shape index (κ2) is 29.1. The molecule has 16 heteroatoms. The van der Waals surface area contributed by atoms with Crippen molar-refractivity contribution in [3.05, 3.63) is 11.1 Å². The molecule has 0 amide bonds. The number of hydrogen-bond acceptors (Lipinski definition) is 16. The third kappa shape index (κ3) is 19.6. The number of nitrogens with zero attached hydrogens (tertiary/aromatic N) is 4. The van der Waals surface area contributed by atoms with Gasteiger partial charge >= 0.3 is 11.9 Å². The van der Waals surface area contributed by atoms with Crippen LogP contribution in [0.15, 0.2) is 0 Å². The number of rotatable bonds is 33. The molecule has 0 spiro atoms. The van der Waals surface area contributed by atoms with Crippen LogP contribution in [-0.2, 0) is 41.4 Å². The molecule has 0 saturated carbocycles. The third-order valence-electron chi connectivity index (χ3n) is 9.70. The van der Waals surface area contributed by atoms with E-state index in [9.17, 15) is 9.59 Å². The Morgan fingerprint density at radius 3 is 0.982 bits per heavy atom. The minimum atomic E-state index is -1.39. The summed E-state index contributed by atoms with van der Waals surface area (Å²) in [5.41, 5.74) is 36.1. The first-order valence-electron chi connectivity index (χ1n) is 21.0. The molecule has 0 aromatic carbocycles. The maximum atomic E-state index is 13.7. The van der Waals surface area contributed by atoms with E-state index in [1.807, 2.05) is 0 Å². The first kappa shape index (κ1) is 48.0. The van der Waals surface area contributed by atoms with Gasteiger partial charge in [0.15, 0.2) is 12.2 Å². The van der Waals surface area contributed by atoms with E-state index in [-0.39, 0.29) is 74.4 Å². The maximum absolute atomic E-state index is 13.7. The second-order valence-corrected chi connectivity index (χ2v) is 14.4. The molecule has 0 aliphatic heterocycles. The van der Waals surface area contributed by atoms with Gasteiger partial charge in [-0.15, -0.1) is 0 Å². The summed E-state index contributed by atoms with van der Waals surface area (Å²) in [5.74, 6) is -1.31. The van der Waals surface area contributed by atoms with Gasteiger partial charge in [-0.3, -0.25) is 0 Å². The summed E-state index contributed by atoms with van der Waals surface area (Å²) in [6.45, 7) is 4.63. The van der Waals surface area contributed by atoms with Gasteiger partial charge in [0.05, 0.1) is 13.2 Å². The van der Waals surface area contributed by atoms with Crippen LogP contribution in [0.5, 0.6) is 0 Å². The summed E-state index contributed by atoms with van der Waals surface area (Å²) in [7, 11) is 0. The van der Waals surface area contributed by atoms with Crippen molar-refractivity contribution in [3.8, 4) is 0 Å². The predicted octanol–water partition coefficient (Wildman–Crippen LogP) is 6.24. The zero-order valence-electron chi connectivity index (χ0n) is 34.2. The maximum Gasteiger partial charge on any atom is 0.338 e. The van der Waals surface area contributed by atoms with E-state index in [0.29, 0.717) is 24.0 Å². The highest BCUT2D eigenvalue weighted by molar-refractivity contribution is 5.85. The van der Waals surface area contributed by atoms with Crippen molar-refractivity contribution < 1.29 is 28.5 Å². The molecule has 0 saturated heterocycles. The molecular formula is C40H72N10O6. The van der Waals surface area contributed by atoms with Crippen molar-refractivity contribution in [1.82, 2.24) is 19.9 Å². The molecule has 0 fully saturated rings. The second-order valence-electron chi connectivity index (χ2n) is 14.4. The van der Waals surface area contributed by atoms with Crippen LogP contribution in [0.4, 0.5) is 35.2 Å². The van der Waals surface area contributed by atoms with E-state index in [2.05, 4.69) is 33.8 Å². The normalized spacial score (nSPS) is 12.4. The zero-order chi connectivity index (χ0) is 41.0. The van der Waals surface area contributed by atoms with Crippen molar-refractivity contribution in [2.75, 3.05) is 60.8 Å². The number of hydrogen-bond donors (Lipinski definition) is 6. The molecule has 0 unspecified atom stereocenters. The van der Waals surface area contributed by atoms with E-state index in [4.69, 9.17) is 53.3 Å². The monoisotopic (exact) mass is 789 g/mol. The topological polar surface area (TPSA) is 279 Å². The SMILES string of the molecule is CCCCCCCCCCCCO[C@@H](C(=O)OCCc1c(N)nc(N)nc1N)[C@@H](OCCCCCCCCCCCC)C(=O)OCCc1c(N)nc(N)nc1N. The van der Waals surface area contributed by atoms with Gasteiger partial charge in [0, 0.05) is 37.2 Å². The number of carbonyl (C=O) groups is 2. The molecule has 0 aliphatic carbocycles. The average Bonchev–Trinajstić information content (AvgIpc) is 3.15. The Kier molecular flexibility index (Phi) is 24.9. The van der Waals surface area contributed by atoms with Crippen LogP contribution >= 0.6 is 0 Å². The quantitative estimate of drug-likeness (QED) is 0.0344. The largest absolute Gasteiger partial charge is 0.463 e. The summed E-state index contributed by atoms with van der Waals surface area (Å²) < 4.78 is 23.5. The molecule has 0 radical (unpaired) electrons. The van der Waals surface area contributed by atoms with Crippen molar-refractivity contribution in [2.45, 2.75) is 167 Å². The van der Waals surface area contributed by atoms with Crippen LogP contribution in [0, 0.1) is 0 Å². The minimum Gasteiger partial charge on any atom is -0.463 e. The highest BCUT2D eigenvalue weighted by atomic mass is 16.6. The molecule has 2 atom stereocenters. The Balaban J connectivity index is 2.10. The lowest BCUT2D eigenvalue weighted by atomic mass is 10.1. The van der Waals surface area contributed by atoms with Crippen molar-refractivity contribution in [1.29, 1.82) is 0 Å². The smallest absolute Gasteiger partial charge is 0.338 e. The number of ether oxygens (including phenoxy) is 4. The molecule has 2 aromatic heterocycles. The van der Waals surface area contributed by atoms with E-state index in [1.54, 1.807) is 0 Å². The number of anilines is 6. The molecule has 12 N–H and O–H groups in total. The van der Waals surface area contributed by atoms with Gasteiger partial charge in [-0.2, -0.15) is 19.9 Å². The Bertz CT molecular complexity index is 1250. The first-order chi connectivity index (χ1) is 27.1. The minimum absolute atomic E-state index is 0.0589. The van der Waals surface area contributed by atoms with Gasteiger partial charge in [0.2, 0.25) is 11.9 Å². The van der Waals surface area contributed by atoms with Crippen LogP contribution in [0.1, 0.15) is 153 Å². The van der Waals surface area contributed by atoms with Crippen molar-refractivity contribution in [2.24, 2.45) is 0 Å². The molecule has 2 rings (SSSR count). The number of unbranched alkanes of at least 4 members (excludes halogenated alkanes) is 18. The van der Waals surface area contributed by atoms with Gasteiger partial charge in [0.25, 0.3) is 0 Å². The van der Waals surface area contributed by atoms with E-state index < -0.39 is 24.1 Å². The molecule has 0 aliphatic rings. The fourth-order valence-electron chi connectivity index (χ4n) is 6.42. The van der Waals surface area contributed by atoms with Crippen LogP contribution in [0.25, 0.3) is 0 Å². The van der Waals surface area contributed by atoms with Crippen LogP contribution in [-0.4, -0.2) is 70.5 Å². The van der Waals surface area contributed by atoms with E-state index in [0.717, 1.165) is 38.5 Å². The van der Waals surface area contributed by atoms with Crippen LogP contribution in [0.2, 0.25) is 0 Å². The summed E-state index contributed by atoms with van der Waals surface area (Å²) in [6, 6.07) is 0. The third-order valence-corrected chi connectivity index (χ3v) is 9.70. The predicted molar refractivity (Wildman–Crippen MR) is 223 cm³/mol. The summed E-state index contributed by atoms with van der Waals surface area (Å²) in [4.78, 5) is 43.2. The molecule has 318 valence electrons. The van der Waals surface area contributed by atoms with Gasteiger partial charge in [-0.1, -0.05) is 129 Å². The average molecular weight is 789 g/mol. The van der Waals surface area contributed by atoms with E-state index in [1.165, 1.54) is 77.0 Å². The summed E-state index contributed by atoms with van der Waals surface area (Å²) >= 11 is 0. The molecule has 2 aromatic rings. The van der Waals surface area contributed by atoms with Gasteiger partial charge in [-0.05, 0) is 12.8 Å².